The fourth-order valence-corrected chi connectivity index (χ4v) is 4.70. The molecule has 0 aliphatic carbocycles. The summed E-state index contributed by atoms with van der Waals surface area (Å²) in [6, 6.07) is 6.83. The highest BCUT2D eigenvalue weighted by Crippen LogP contribution is 2.25. The van der Waals surface area contributed by atoms with Crippen LogP contribution in [0.4, 0.5) is 5.69 Å². The second kappa shape index (κ2) is 8.32. The maximum Gasteiger partial charge on any atom is 0.263 e. The number of aromatic nitrogens is 2. The van der Waals surface area contributed by atoms with Crippen molar-refractivity contribution in [2.75, 3.05) is 25.5 Å². The standard InChI is InChI=1S/C19H26N4O4S/c1-4-22-13-17(18(24)20-15-5-7-16(27-3)8-6-15)19(21-22)28(25,26)23-11-9-14(2)10-12-23/h5-8,13-14H,4,9-12H2,1-3H3,(H,20,24). The van der Waals surface area contributed by atoms with Crippen molar-refractivity contribution < 1.29 is 17.9 Å². The predicted molar refractivity (Wildman–Crippen MR) is 106 cm³/mol. The molecule has 1 aliphatic rings. The van der Waals surface area contributed by atoms with E-state index in [4.69, 9.17) is 4.74 Å². The van der Waals surface area contributed by atoms with E-state index in [0.29, 0.717) is 37.0 Å². The van der Waals surface area contributed by atoms with Crippen molar-refractivity contribution in [1.29, 1.82) is 0 Å². The number of amides is 1. The Bertz CT molecular complexity index is 929. The SMILES string of the molecule is CCn1cc(C(=O)Nc2ccc(OC)cc2)c(S(=O)(=O)N2CCC(C)CC2)n1. The van der Waals surface area contributed by atoms with Crippen molar-refractivity contribution in [2.24, 2.45) is 5.92 Å². The highest BCUT2D eigenvalue weighted by molar-refractivity contribution is 7.89. The first kappa shape index (κ1) is 20.3. The Kier molecular flexibility index (Phi) is 6.04. The minimum absolute atomic E-state index is 0.0521. The molecule has 0 atom stereocenters. The van der Waals surface area contributed by atoms with Crippen molar-refractivity contribution in [3.8, 4) is 5.75 Å². The van der Waals surface area contributed by atoms with E-state index in [-0.39, 0.29) is 10.6 Å². The molecule has 152 valence electrons. The zero-order chi connectivity index (χ0) is 20.3. The van der Waals surface area contributed by atoms with Crippen LogP contribution in [-0.2, 0) is 16.6 Å². The van der Waals surface area contributed by atoms with E-state index < -0.39 is 15.9 Å². The number of methoxy groups -OCH3 is 1. The van der Waals surface area contributed by atoms with Crippen LogP contribution >= 0.6 is 0 Å². The number of aryl methyl sites for hydroxylation is 1. The minimum Gasteiger partial charge on any atom is -0.497 e. The van der Waals surface area contributed by atoms with Gasteiger partial charge >= 0.3 is 0 Å². The van der Waals surface area contributed by atoms with Gasteiger partial charge in [0.2, 0.25) is 5.03 Å². The largest absolute Gasteiger partial charge is 0.497 e. The zero-order valence-electron chi connectivity index (χ0n) is 16.4. The van der Waals surface area contributed by atoms with Crippen LogP contribution in [0.3, 0.4) is 0 Å². The van der Waals surface area contributed by atoms with Crippen LogP contribution in [0.15, 0.2) is 35.5 Å². The van der Waals surface area contributed by atoms with Gasteiger partial charge in [-0.2, -0.15) is 9.40 Å². The first-order valence-electron chi connectivity index (χ1n) is 9.38. The molecule has 0 bridgehead atoms. The maximum atomic E-state index is 13.1. The Morgan fingerprint density at radius 1 is 1.25 bits per heavy atom. The molecular formula is C19H26N4O4S. The van der Waals surface area contributed by atoms with Crippen molar-refractivity contribution in [3.05, 3.63) is 36.0 Å². The summed E-state index contributed by atoms with van der Waals surface area (Å²) in [7, 11) is -2.27. The fourth-order valence-electron chi connectivity index (χ4n) is 3.13. The number of hydrogen-bond donors (Lipinski definition) is 1. The van der Waals surface area contributed by atoms with Crippen LogP contribution in [0.2, 0.25) is 0 Å². The number of sulfonamides is 1. The summed E-state index contributed by atoms with van der Waals surface area (Å²) in [5, 5.41) is 6.74. The number of nitrogens with one attached hydrogen (secondary N) is 1. The van der Waals surface area contributed by atoms with E-state index in [0.717, 1.165) is 12.8 Å². The second-order valence-corrected chi connectivity index (χ2v) is 8.83. The average molecular weight is 407 g/mol. The smallest absolute Gasteiger partial charge is 0.263 e. The Labute approximate surface area is 165 Å². The molecule has 1 fully saturated rings. The molecule has 1 amide bonds. The third kappa shape index (κ3) is 4.20. The number of rotatable bonds is 6. The molecule has 3 rings (SSSR count). The number of anilines is 1. The summed E-state index contributed by atoms with van der Waals surface area (Å²) in [4.78, 5) is 12.8. The van der Waals surface area contributed by atoms with E-state index in [1.807, 2.05) is 6.92 Å². The Morgan fingerprint density at radius 2 is 1.89 bits per heavy atom. The molecule has 28 heavy (non-hydrogen) atoms. The van der Waals surface area contributed by atoms with Gasteiger partial charge in [-0.05, 0) is 49.9 Å². The molecule has 0 spiro atoms. The molecule has 1 saturated heterocycles. The molecule has 0 saturated carbocycles. The summed E-state index contributed by atoms with van der Waals surface area (Å²) in [5.41, 5.74) is 0.599. The summed E-state index contributed by atoms with van der Waals surface area (Å²) in [6.07, 6.45) is 3.10. The molecule has 2 aromatic rings. The van der Waals surface area contributed by atoms with E-state index >= 15 is 0 Å². The van der Waals surface area contributed by atoms with Crippen LogP contribution in [0.5, 0.6) is 5.75 Å². The molecule has 2 heterocycles. The van der Waals surface area contributed by atoms with Crippen molar-refractivity contribution in [3.63, 3.8) is 0 Å². The Morgan fingerprint density at radius 3 is 2.46 bits per heavy atom. The maximum absolute atomic E-state index is 13.1. The van der Waals surface area contributed by atoms with Crippen LogP contribution < -0.4 is 10.1 Å². The number of piperidine rings is 1. The molecule has 8 nitrogen and oxygen atoms in total. The first-order chi connectivity index (χ1) is 13.3. The summed E-state index contributed by atoms with van der Waals surface area (Å²) in [5.74, 6) is 0.658. The lowest BCUT2D eigenvalue weighted by Gasteiger charge is -2.28. The minimum atomic E-state index is -3.83. The van der Waals surface area contributed by atoms with Gasteiger partial charge in [0.15, 0.2) is 0 Å². The van der Waals surface area contributed by atoms with Crippen LogP contribution in [0, 0.1) is 5.92 Å². The number of hydrogen-bond acceptors (Lipinski definition) is 5. The predicted octanol–water partition coefficient (Wildman–Crippen LogP) is 2.58. The number of nitrogens with zero attached hydrogens (tertiary/aromatic N) is 3. The summed E-state index contributed by atoms with van der Waals surface area (Å²) < 4.78 is 34.3. The fraction of sp³-hybridized carbons (Fsp3) is 0.474. The van der Waals surface area contributed by atoms with Crippen LogP contribution in [0.1, 0.15) is 37.0 Å². The summed E-state index contributed by atoms with van der Waals surface area (Å²) in [6.45, 7) is 5.32. The van der Waals surface area contributed by atoms with E-state index in [1.165, 1.54) is 15.2 Å². The van der Waals surface area contributed by atoms with Gasteiger partial charge < -0.3 is 10.1 Å². The molecule has 0 unspecified atom stereocenters. The number of ether oxygens (including phenoxy) is 1. The van der Waals surface area contributed by atoms with E-state index in [2.05, 4.69) is 17.3 Å². The highest BCUT2D eigenvalue weighted by Gasteiger charge is 2.34. The van der Waals surface area contributed by atoms with Crippen molar-refractivity contribution in [1.82, 2.24) is 14.1 Å². The molecule has 1 aliphatic heterocycles. The molecule has 9 heteroatoms. The molecule has 1 aromatic heterocycles. The van der Waals surface area contributed by atoms with Gasteiger partial charge in [-0.15, -0.1) is 0 Å². The number of carbonyl (C=O) groups excluding carboxylic acids is 1. The third-order valence-electron chi connectivity index (χ3n) is 4.97. The van der Waals surface area contributed by atoms with Gasteiger partial charge in [-0.25, -0.2) is 8.42 Å². The van der Waals surface area contributed by atoms with Crippen LogP contribution in [-0.4, -0.2) is 48.6 Å². The molecule has 0 radical (unpaired) electrons. The molecule has 1 aromatic carbocycles. The quantitative estimate of drug-likeness (QED) is 0.796. The van der Waals surface area contributed by atoms with Gasteiger partial charge in [-0.3, -0.25) is 9.48 Å². The summed E-state index contributed by atoms with van der Waals surface area (Å²) >= 11 is 0. The van der Waals surface area contributed by atoms with Crippen molar-refractivity contribution in [2.45, 2.75) is 38.3 Å². The number of carbonyl (C=O) groups is 1. The molecule has 1 N–H and O–H groups in total. The van der Waals surface area contributed by atoms with Gasteiger partial charge in [0.05, 0.1) is 12.7 Å². The lowest BCUT2D eigenvalue weighted by atomic mass is 10.0. The number of benzene rings is 1. The van der Waals surface area contributed by atoms with E-state index in [9.17, 15) is 13.2 Å². The van der Waals surface area contributed by atoms with Gasteiger partial charge in [0, 0.05) is 31.5 Å². The van der Waals surface area contributed by atoms with Gasteiger partial charge in [-0.1, -0.05) is 6.92 Å². The van der Waals surface area contributed by atoms with E-state index in [1.54, 1.807) is 31.4 Å². The average Bonchev–Trinajstić information content (AvgIpc) is 3.14. The van der Waals surface area contributed by atoms with Gasteiger partial charge in [0.1, 0.15) is 5.75 Å². The Balaban J connectivity index is 1.88. The monoisotopic (exact) mass is 406 g/mol. The van der Waals surface area contributed by atoms with Crippen LogP contribution in [0.25, 0.3) is 0 Å². The van der Waals surface area contributed by atoms with Gasteiger partial charge in [0.25, 0.3) is 15.9 Å². The highest BCUT2D eigenvalue weighted by atomic mass is 32.2. The first-order valence-corrected chi connectivity index (χ1v) is 10.8. The van der Waals surface area contributed by atoms with Crippen molar-refractivity contribution >= 4 is 21.6 Å². The lowest BCUT2D eigenvalue weighted by Crippen LogP contribution is -2.38. The lowest BCUT2D eigenvalue weighted by molar-refractivity contribution is 0.102. The zero-order valence-corrected chi connectivity index (χ0v) is 17.2. The second-order valence-electron chi connectivity index (χ2n) is 6.97. The normalized spacial score (nSPS) is 16.1. The molecular weight excluding hydrogens is 380 g/mol. The third-order valence-corrected chi connectivity index (χ3v) is 6.81. The topological polar surface area (TPSA) is 93.5 Å². The Hall–Kier alpha value is -2.39.